The lowest BCUT2D eigenvalue weighted by atomic mass is 10.1. The number of alkyl halides is 3. The number of halogens is 5. The number of hydrogen-bond acceptors (Lipinski definition) is 5. The molecule has 0 fully saturated rings. The molecule has 7 nitrogen and oxygen atoms in total. The number of hydrogen-bond donors (Lipinski definition) is 1. The largest absolute Gasteiger partial charge is 0.501 e. The molecule has 1 aliphatic rings. The number of sulfonamides is 1. The maximum Gasteiger partial charge on any atom is 0.417 e. The molecule has 0 saturated carbocycles. The van der Waals surface area contributed by atoms with Crippen LogP contribution in [0, 0.1) is 0 Å². The van der Waals surface area contributed by atoms with Gasteiger partial charge in [0.25, 0.3) is 15.9 Å². The Morgan fingerprint density at radius 2 is 2.00 bits per heavy atom. The van der Waals surface area contributed by atoms with Crippen molar-refractivity contribution < 1.29 is 31.1 Å². The summed E-state index contributed by atoms with van der Waals surface area (Å²) in [7, 11) is -3.04. The lowest BCUT2D eigenvalue weighted by Crippen LogP contribution is -2.38. The van der Waals surface area contributed by atoms with Gasteiger partial charge in [-0.05, 0) is 30.3 Å². The van der Waals surface area contributed by atoms with Gasteiger partial charge < -0.3 is 9.64 Å². The Morgan fingerprint density at radius 1 is 1.28 bits per heavy atom. The second-order valence-corrected chi connectivity index (χ2v) is 9.29. The predicted octanol–water partition coefficient (Wildman–Crippen LogP) is 4.58. The highest BCUT2D eigenvalue weighted by Crippen LogP contribution is 2.36. The van der Waals surface area contributed by atoms with Gasteiger partial charge >= 0.3 is 6.18 Å². The molecule has 1 amide bonds. The molecule has 1 atom stereocenters. The van der Waals surface area contributed by atoms with Crippen LogP contribution >= 0.6 is 23.2 Å². The van der Waals surface area contributed by atoms with Gasteiger partial charge in [0.2, 0.25) is 0 Å². The standard InChI is InChI=1S/C19H16Cl2F3N3O4S/c1-27(12-4-6-31-7-5-12)18(28)17-16(8-11(20)10-25-17)26-32(29,30)13-2-3-15(21)14(9-13)19(22,23)24/h2-4,6,8-10,12,26H,5,7H2,1H3. The Hall–Kier alpha value is -2.50. The first-order valence-electron chi connectivity index (χ1n) is 9.00. The normalized spacial score (nSPS) is 16.4. The van der Waals surface area contributed by atoms with Crippen LogP contribution in [0.1, 0.15) is 22.5 Å². The molecule has 3 rings (SSSR count). The van der Waals surface area contributed by atoms with Gasteiger partial charge in [-0.15, -0.1) is 0 Å². The molecule has 1 N–H and O–H groups in total. The minimum atomic E-state index is -4.86. The van der Waals surface area contributed by atoms with Gasteiger partial charge in [-0.3, -0.25) is 9.52 Å². The summed E-state index contributed by atoms with van der Waals surface area (Å²) in [5, 5.41) is -0.636. The number of benzene rings is 1. The number of rotatable bonds is 5. The Balaban J connectivity index is 1.97. The molecule has 2 heterocycles. The molecule has 0 radical (unpaired) electrons. The summed E-state index contributed by atoms with van der Waals surface area (Å²) in [4.78, 5) is 17.6. The van der Waals surface area contributed by atoms with Crippen LogP contribution in [0.15, 0.2) is 47.7 Å². The number of carbonyl (C=O) groups is 1. The first-order valence-corrected chi connectivity index (χ1v) is 11.2. The van der Waals surface area contributed by atoms with E-state index in [2.05, 4.69) is 9.71 Å². The smallest absolute Gasteiger partial charge is 0.417 e. The summed E-state index contributed by atoms with van der Waals surface area (Å²) in [6.07, 6.45) is -0.0763. The molecule has 172 valence electrons. The Bertz CT molecular complexity index is 1170. The third kappa shape index (κ3) is 5.28. The van der Waals surface area contributed by atoms with E-state index in [1.165, 1.54) is 18.2 Å². The van der Waals surface area contributed by atoms with E-state index in [1.807, 2.05) is 0 Å². The third-order valence-corrected chi connectivity index (χ3v) is 6.50. The average molecular weight is 510 g/mol. The van der Waals surface area contributed by atoms with E-state index in [4.69, 9.17) is 27.9 Å². The molecule has 0 saturated heterocycles. The van der Waals surface area contributed by atoms with Gasteiger partial charge in [0.05, 0.1) is 45.1 Å². The van der Waals surface area contributed by atoms with Crippen molar-refractivity contribution in [2.75, 3.05) is 18.4 Å². The maximum atomic E-state index is 13.1. The van der Waals surface area contributed by atoms with Crippen molar-refractivity contribution in [3.05, 3.63) is 64.1 Å². The van der Waals surface area contributed by atoms with Crippen LogP contribution in [0.5, 0.6) is 0 Å². The Kier molecular flexibility index (Phi) is 6.91. The van der Waals surface area contributed by atoms with Crippen LogP contribution in [0.2, 0.25) is 10.0 Å². The van der Waals surface area contributed by atoms with Gasteiger partial charge in [0, 0.05) is 19.7 Å². The van der Waals surface area contributed by atoms with E-state index >= 15 is 0 Å². The summed E-state index contributed by atoms with van der Waals surface area (Å²) in [6.45, 7) is 0.393. The van der Waals surface area contributed by atoms with Gasteiger partial charge in [-0.2, -0.15) is 13.2 Å². The lowest BCUT2D eigenvalue weighted by molar-refractivity contribution is -0.137. The van der Waals surface area contributed by atoms with E-state index in [0.29, 0.717) is 19.1 Å². The number of ether oxygens (including phenoxy) is 1. The Labute approximate surface area is 191 Å². The third-order valence-electron chi connectivity index (χ3n) is 4.60. The summed E-state index contributed by atoms with van der Waals surface area (Å²) in [5.74, 6) is -0.622. The zero-order chi connectivity index (χ0) is 23.7. The van der Waals surface area contributed by atoms with Crippen LogP contribution < -0.4 is 4.72 Å². The minimum Gasteiger partial charge on any atom is -0.501 e. The number of amides is 1. The molecule has 1 aromatic heterocycles. The maximum absolute atomic E-state index is 13.1. The van der Waals surface area contributed by atoms with Gasteiger partial charge in [0.1, 0.15) is 0 Å². The minimum absolute atomic E-state index is 0.0138. The van der Waals surface area contributed by atoms with E-state index in [0.717, 1.165) is 24.4 Å². The molecule has 2 aromatic rings. The fourth-order valence-corrected chi connectivity index (χ4v) is 4.39. The molecular weight excluding hydrogens is 494 g/mol. The number of aromatic nitrogens is 1. The average Bonchev–Trinajstić information content (AvgIpc) is 2.72. The van der Waals surface area contributed by atoms with Crippen LogP contribution in [0.3, 0.4) is 0 Å². The van der Waals surface area contributed by atoms with Crippen molar-refractivity contribution in [1.82, 2.24) is 9.88 Å². The molecule has 1 unspecified atom stereocenters. The number of likely N-dealkylation sites (N-methyl/N-ethyl adjacent to an activating group) is 1. The van der Waals surface area contributed by atoms with Crippen LogP contribution in [0.4, 0.5) is 18.9 Å². The molecule has 1 aromatic carbocycles. The monoisotopic (exact) mass is 509 g/mol. The van der Waals surface area contributed by atoms with Crippen molar-refractivity contribution in [2.45, 2.75) is 23.5 Å². The highest BCUT2D eigenvalue weighted by atomic mass is 35.5. The number of carbonyl (C=O) groups excluding carboxylic acids is 1. The van der Waals surface area contributed by atoms with E-state index in [1.54, 1.807) is 6.08 Å². The molecule has 0 aliphatic carbocycles. The number of nitrogens with zero attached hydrogens (tertiary/aromatic N) is 2. The zero-order valence-electron chi connectivity index (χ0n) is 16.4. The molecule has 0 spiro atoms. The second-order valence-electron chi connectivity index (χ2n) is 6.77. The molecule has 1 aliphatic heterocycles. The number of pyridine rings is 1. The summed E-state index contributed by atoms with van der Waals surface area (Å²) in [5.41, 5.74) is -1.87. The molecule has 0 bridgehead atoms. The lowest BCUT2D eigenvalue weighted by Gasteiger charge is -2.28. The van der Waals surface area contributed by atoms with Crippen LogP contribution in [-0.4, -0.2) is 43.9 Å². The topological polar surface area (TPSA) is 88.6 Å². The van der Waals surface area contributed by atoms with Gasteiger partial charge in [0.15, 0.2) is 5.69 Å². The molecule has 13 heteroatoms. The highest BCUT2D eigenvalue weighted by molar-refractivity contribution is 7.92. The van der Waals surface area contributed by atoms with Crippen molar-refractivity contribution in [3.63, 3.8) is 0 Å². The van der Waals surface area contributed by atoms with Gasteiger partial charge in [-0.1, -0.05) is 23.2 Å². The van der Waals surface area contributed by atoms with Crippen molar-refractivity contribution in [2.24, 2.45) is 0 Å². The predicted molar refractivity (Wildman–Crippen MR) is 112 cm³/mol. The number of nitrogens with one attached hydrogen (secondary N) is 1. The highest BCUT2D eigenvalue weighted by Gasteiger charge is 2.35. The van der Waals surface area contributed by atoms with Gasteiger partial charge in [-0.25, -0.2) is 13.4 Å². The van der Waals surface area contributed by atoms with Crippen LogP contribution in [-0.2, 0) is 20.9 Å². The summed E-state index contributed by atoms with van der Waals surface area (Å²) in [6, 6.07) is 2.98. The first-order chi connectivity index (χ1) is 14.9. The van der Waals surface area contributed by atoms with E-state index in [-0.39, 0.29) is 22.4 Å². The van der Waals surface area contributed by atoms with E-state index < -0.39 is 37.6 Å². The summed E-state index contributed by atoms with van der Waals surface area (Å²) >= 11 is 11.5. The molecule has 32 heavy (non-hydrogen) atoms. The molecular formula is C19H16Cl2F3N3O4S. The Morgan fingerprint density at radius 3 is 2.62 bits per heavy atom. The SMILES string of the molecule is CN(C(=O)c1ncc(Cl)cc1NS(=O)(=O)c1ccc(Cl)c(C(F)(F)F)c1)C1C=COCC1. The summed E-state index contributed by atoms with van der Waals surface area (Å²) < 4.78 is 72.2. The van der Waals surface area contributed by atoms with Crippen molar-refractivity contribution in [3.8, 4) is 0 Å². The first kappa shape index (κ1) is 24.1. The quantitative estimate of drug-likeness (QED) is 0.636. The van der Waals surface area contributed by atoms with Crippen molar-refractivity contribution >= 4 is 44.8 Å². The fraction of sp³-hybridized carbons (Fsp3) is 0.263. The van der Waals surface area contributed by atoms with Crippen LogP contribution in [0.25, 0.3) is 0 Å². The fourth-order valence-electron chi connectivity index (χ4n) is 2.92. The second kappa shape index (κ2) is 9.16. The van der Waals surface area contributed by atoms with E-state index in [9.17, 15) is 26.4 Å². The zero-order valence-corrected chi connectivity index (χ0v) is 18.7. The number of anilines is 1. The van der Waals surface area contributed by atoms with Crippen molar-refractivity contribution in [1.29, 1.82) is 0 Å².